The molecule has 0 fully saturated rings. The predicted octanol–water partition coefficient (Wildman–Crippen LogP) is 1.82. The fourth-order valence-electron chi connectivity index (χ4n) is 0.532. The quantitative estimate of drug-likeness (QED) is 0.560. The molecule has 1 aromatic heterocycles. The third kappa shape index (κ3) is 1.69. The lowest BCUT2D eigenvalue weighted by atomic mass is 10.3. The zero-order chi connectivity index (χ0) is 6.85. The maximum Gasteiger partial charge on any atom is 0.181 e. The second-order valence-electron chi connectivity index (χ2n) is 1.88. The van der Waals surface area contributed by atoms with Crippen LogP contribution in [0, 0.1) is 6.92 Å². The molecule has 0 saturated carbocycles. The Morgan fingerprint density at radius 3 is 2.50 bits per heavy atom. The minimum atomic E-state index is -0.0631. The third-order valence-corrected chi connectivity index (χ3v) is 0.989. The van der Waals surface area contributed by atoms with Crippen LogP contribution in [0.4, 0.5) is 0 Å². The Labute approximate surface area is 60.0 Å². The highest BCUT2D eigenvalue weighted by Gasteiger charge is 2.02. The van der Waals surface area contributed by atoms with Crippen molar-refractivity contribution >= 4 is 5.78 Å². The highest BCUT2D eigenvalue weighted by molar-refractivity contribution is 5.91. The van der Waals surface area contributed by atoms with Crippen LogP contribution < -0.4 is 0 Å². The number of ketones is 1. The number of carbonyl (C=O) groups excluding carboxylic acids is 1. The van der Waals surface area contributed by atoms with Gasteiger partial charge in [-0.05, 0) is 6.92 Å². The number of hydrogen-bond donors (Lipinski definition) is 0. The zero-order valence-electron chi connectivity index (χ0n) is 5.34. The van der Waals surface area contributed by atoms with Crippen molar-refractivity contribution in [1.82, 2.24) is 5.16 Å². The second-order valence-corrected chi connectivity index (χ2v) is 1.88. The zero-order valence-corrected chi connectivity index (χ0v) is 5.34. The van der Waals surface area contributed by atoms with Gasteiger partial charge in [0.1, 0.15) is 11.5 Å². The Morgan fingerprint density at radius 1 is 1.70 bits per heavy atom. The molecule has 1 aromatic rings. The summed E-state index contributed by atoms with van der Waals surface area (Å²) in [6.45, 7) is 3.21. The van der Waals surface area contributed by atoms with Gasteiger partial charge in [0, 0.05) is 13.0 Å². The molecule has 0 aliphatic rings. The first-order chi connectivity index (χ1) is 4.20. The summed E-state index contributed by atoms with van der Waals surface area (Å²) in [7, 11) is 0. The molecule has 0 aliphatic carbocycles. The monoisotopic (exact) mass is 141 g/mol. The van der Waals surface area contributed by atoms with Crippen molar-refractivity contribution in [3.8, 4) is 0 Å². The topological polar surface area (TPSA) is 43.1 Å². The minimum Gasteiger partial charge on any atom is -0.361 e. The largest absolute Gasteiger partial charge is 0.361 e. The number of nitrogens with zero attached hydrogens (tertiary/aromatic N) is 1. The van der Waals surface area contributed by atoms with E-state index in [0.717, 1.165) is 0 Å². The van der Waals surface area contributed by atoms with Gasteiger partial charge in [-0.3, -0.25) is 4.79 Å². The van der Waals surface area contributed by atoms with Gasteiger partial charge in [-0.2, -0.15) is 0 Å². The molecule has 0 bridgehead atoms. The van der Waals surface area contributed by atoms with Crippen LogP contribution in [0.5, 0.6) is 0 Å². The van der Waals surface area contributed by atoms with E-state index >= 15 is 0 Å². The molecule has 0 radical (unpaired) electrons. The normalized spacial score (nSPS) is 8.60. The fourth-order valence-corrected chi connectivity index (χ4v) is 0.532. The summed E-state index contributed by atoms with van der Waals surface area (Å²) in [5.41, 5.74) is 0.396. The van der Waals surface area contributed by atoms with Gasteiger partial charge in [0.15, 0.2) is 5.78 Å². The lowest BCUT2D eigenvalue weighted by Crippen LogP contribution is -1.89. The standard InChI is InChI=1S/C6H7NO2.CH4/c1-4-3-6(5(2)8)7-9-4;/h3H,1-2H3;1H4. The van der Waals surface area contributed by atoms with E-state index in [1.807, 2.05) is 0 Å². The molecule has 0 amide bonds. The highest BCUT2D eigenvalue weighted by atomic mass is 16.5. The van der Waals surface area contributed by atoms with E-state index in [0.29, 0.717) is 11.5 Å². The fraction of sp³-hybridized carbons (Fsp3) is 0.429. The van der Waals surface area contributed by atoms with Crippen LogP contribution >= 0.6 is 0 Å². The molecule has 0 aromatic carbocycles. The number of aromatic nitrogens is 1. The first-order valence-electron chi connectivity index (χ1n) is 2.64. The average molecular weight is 141 g/mol. The molecule has 3 heteroatoms. The third-order valence-electron chi connectivity index (χ3n) is 0.989. The van der Waals surface area contributed by atoms with E-state index in [9.17, 15) is 4.79 Å². The van der Waals surface area contributed by atoms with Gasteiger partial charge in [-0.25, -0.2) is 0 Å². The Kier molecular flexibility index (Phi) is 2.80. The summed E-state index contributed by atoms with van der Waals surface area (Å²) >= 11 is 0. The van der Waals surface area contributed by atoms with E-state index in [2.05, 4.69) is 9.68 Å². The SMILES string of the molecule is C.CC(=O)c1cc(C)on1. The van der Waals surface area contributed by atoms with Gasteiger partial charge in [0.25, 0.3) is 0 Å². The molecule has 0 aliphatic heterocycles. The van der Waals surface area contributed by atoms with E-state index in [4.69, 9.17) is 0 Å². The number of Topliss-reactive ketones (excluding diaryl/α,β-unsaturated/α-hetero) is 1. The molecule has 1 heterocycles. The summed E-state index contributed by atoms with van der Waals surface area (Å²) in [4.78, 5) is 10.5. The molecular weight excluding hydrogens is 130 g/mol. The molecule has 0 spiro atoms. The summed E-state index contributed by atoms with van der Waals surface area (Å²) in [6.07, 6.45) is 0. The van der Waals surface area contributed by atoms with Crippen LogP contribution in [-0.4, -0.2) is 10.9 Å². The first kappa shape index (κ1) is 8.88. The summed E-state index contributed by atoms with van der Waals surface area (Å²) in [6, 6.07) is 1.61. The van der Waals surface area contributed by atoms with Crippen LogP contribution in [0.1, 0.15) is 30.6 Å². The Morgan fingerprint density at radius 2 is 2.30 bits per heavy atom. The Balaban J connectivity index is 0.000000810. The van der Waals surface area contributed by atoms with Crippen molar-refractivity contribution in [2.24, 2.45) is 0 Å². The van der Waals surface area contributed by atoms with E-state index in [1.54, 1.807) is 13.0 Å². The van der Waals surface area contributed by atoms with Crippen LogP contribution in [0.3, 0.4) is 0 Å². The molecule has 56 valence electrons. The Bertz CT molecular complexity index is 227. The van der Waals surface area contributed by atoms with E-state index in [-0.39, 0.29) is 13.2 Å². The van der Waals surface area contributed by atoms with Gasteiger partial charge in [0.05, 0.1) is 0 Å². The molecular formula is C7H11NO2. The molecule has 1 rings (SSSR count). The van der Waals surface area contributed by atoms with Gasteiger partial charge >= 0.3 is 0 Å². The first-order valence-corrected chi connectivity index (χ1v) is 2.64. The maximum atomic E-state index is 10.5. The minimum absolute atomic E-state index is 0. The van der Waals surface area contributed by atoms with Crippen LogP contribution in [0.15, 0.2) is 10.6 Å². The van der Waals surface area contributed by atoms with E-state index < -0.39 is 0 Å². The second kappa shape index (κ2) is 3.15. The number of carbonyl (C=O) groups is 1. The molecule has 0 unspecified atom stereocenters. The molecule has 0 atom stereocenters. The number of aryl methyl sites for hydroxylation is 1. The van der Waals surface area contributed by atoms with Gasteiger partial charge in [-0.1, -0.05) is 12.6 Å². The van der Waals surface area contributed by atoms with Gasteiger partial charge < -0.3 is 4.52 Å². The number of hydrogen-bond acceptors (Lipinski definition) is 3. The Hall–Kier alpha value is -1.12. The molecule has 0 saturated heterocycles. The van der Waals surface area contributed by atoms with Crippen molar-refractivity contribution in [3.05, 3.63) is 17.5 Å². The summed E-state index contributed by atoms with van der Waals surface area (Å²) in [5.74, 6) is 0.604. The lowest BCUT2D eigenvalue weighted by Gasteiger charge is -1.76. The van der Waals surface area contributed by atoms with Crippen LogP contribution in [0.25, 0.3) is 0 Å². The van der Waals surface area contributed by atoms with E-state index in [1.165, 1.54) is 6.92 Å². The van der Waals surface area contributed by atoms with Crippen molar-refractivity contribution in [2.45, 2.75) is 21.3 Å². The summed E-state index contributed by atoms with van der Waals surface area (Å²) < 4.78 is 4.65. The summed E-state index contributed by atoms with van der Waals surface area (Å²) in [5, 5.41) is 3.49. The highest BCUT2D eigenvalue weighted by Crippen LogP contribution is 2.00. The molecule has 0 N–H and O–H groups in total. The van der Waals surface area contributed by atoms with Gasteiger partial charge in [-0.15, -0.1) is 0 Å². The van der Waals surface area contributed by atoms with Crippen molar-refractivity contribution in [3.63, 3.8) is 0 Å². The number of rotatable bonds is 1. The molecule has 3 nitrogen and oxygen atoms in total. The van der Waals surface area contributed by atoms with Crippen molar-refractivity contribution in [2.75, 3.05) is 0 Å². The lowest BCUT2D eigenvalue weighted by molar-refractivity contribution is 0.100. The smallest absolute Gasteiger partial charge is 0.181 e. The van der Waals surface area contributed by atoms with Crippen LogP contribution in [0.2, 0.25) is 0 Å². The van der Waals surface area contributed by atoms with Crippen molar-refractivity contribution in [1.29, 1.82) is 0 Å². The van der Waals surface area contributed by atoms with Crippen molar-refractivity contribution < 1.29 is 9.32 Å². The maximum absolute atomic E-state index is 10.5. The van der Waals surface area contributed by atoms with Gasteiger partial charge in [0.2, 0.25) is 0 Å². The molecule has 10 heavy (non-hydrogen) atoms. The average Bonchev–Trinajstić information content (AvgIpc) is 2.14. The predicted molar refractivity (Wildman–Crippen MR) is 38.0 cm³/mol. The van der Waals surface area contributed by atoms with Crippen LogP contribution in [-0.2, 0) is 0 Å².